The summed E-state index contributed by atoms with van der Waals surface area (Å²) < 4.78 is 1.72. The van der Waals surface area contributed by atoms with Crippen molar-refractivity contribution in [2.75, 3.05) is 0 Å². The molecule has 1 N–H and O–H groups in total. The van der Waals surface area contributed by atoms with E-state index >= 15 is 0 Å². The molecule has 3 aromatic rings. The molecule has 1 aromatic carbocycles. The van der Waals surface area contributed by atoms with Crippen LogP contribution in [0, 0.1) is 6.92 Å². The first-order valence-electron chi connectivity index (χ1n) is 7.13. The molecule has 0 aliphatic carbocycles. The lowest BCUT2D eigenvalue weighted by Gasteiger charge is -2.07. The highest BCUT2D eigenvalue weighted by molar-refractivity contribution is 6.30. The van der Waals surface area contributed by atoms with Crippen LogP contribution in [0.4, 0.5) is 0 Å². The molecule has 0 unspecified atom stereocenters. The van der Waals surface area contributed by atoms with Gasteiger partial charge in [-0.1, -0.05) is 11.6 Å². The van der Waals surface area contributed by atoms with Gasteiger partial charge in [0.25, 0.3) is 5.91 Å². The zero-order valence-corrected chi connectivity index (χ0v) is 13.3. The highest BCUT2D eigenvalue weighted by atomic mass is 35.5. The van der Waals surface area contributed by atoms with E-state index in [-0.39, 0.29) is 5.91 Å². The second-order valence-corrected chi connectivity index (χ2v) is 5.51. The van der Waals surface area contributed by atoms with Crippen molar-refractivity contribution < 1.29 is 4.79 Å². The number of amides is 1. The topological polar surface area (TPSA) is 59.8 Å². The van der Waals surface area contributed by atoms with Crippen LogP contribution in [-0.4, -0.2) is 20.7 Å². The number of halogens is 1. The van der Waals surface area contributed by atoms with Gasteiger partial charge in [0, 0.05) is 24.0 Å². The Labute approximate surface area is 138 Å². The van der Waals surface area contributed by atoms with Crippen LogP contribution in [-0.2, 0) is 6.54 Å². The molecular weight excluding hydrogens is 312 g/mol. The summed E-state index contributed by atoms with van der Waals surface area (Å²) in [6, 6.07) is 11.0. The van der Waals surface area contributed by atoms with Crippen molar-refractivity contribution in [3.63, 3.8) is 0 Å². The van der Waals surface area contributed by atoms with Gasteiger partial charge in [-0.25, -0.2) is 4.68 Å². The lowest BCUT2D eigenvalue weighted by molar-refractivity contribution is 0.0950. The van der Waals surface area contributed by atoms with Crippen LogP contribution in [0.25, 0.3) is 5.69 Å². The Balaban J connectivity index is 1.76. The second-order valence-electron chi connectivity index (χ2n) is 5.07. The zero-order valence-electron chi connectivity index (χ0n) is 12.5. The Morgan fingerprint density at radius 2 is 1.87 bits per heavy atom. The molecular formula is C17H15ClN4O. The second kappa shape index (κ2) is 6.62. The smallest absolute Gasteiger partial charge is 0.255 e. The molecule has 0 fully saturated rings. The highest BCUT2D eigenvalue weighted by Gasteiger charge is 2.14. The van der Waals surface area contributed by atoms with Crippen LogP contribution in [0.5, 0.6) is 0 Å². The first-order chi connectivity index (χ1) is 11.1. The lowest BCUT2D eigenvalue weighted by Crippen LogP contribution is -2.23. The van der Waals surface area contributed by atoms with Gasteiger partial charge in [-0.05, 0) is 48.9 Å². The predicted octanol–water partition coefficient (Wildman–Crippen LogP) is 3.16. The summed E-state index contributed by atoms with van der Waals surface area (Å²) in [5.74, 6) is -0.153. The van der Waals surface area contributed by atoms with Gasteiger partial charge in [0.2, 0.25) is 0 Å². The fourth-order valence-electron chi connectivity index (χ4n) is 2.25. The van der Waals surface area contributed by atoms with Crippen LogP contribution < -0.4 is 5.32 Å². The van der Waals surface area contributed by atoms with Crippen molar-refractivity contribution in [1.82, 2.24) is 20.1 Å². The minimum Gasteiger partial charge on any atom is -0.348 e. The molecule has 0 aliphatic rings. The average Bonchev–Trinajstić information content (AvgIpc) is 2.96. The Hall–Kier alpha value is -2.66. The van der Waals surface area contributed by atoms with Gasteiger partial charge in [-0.2, -0.15) is 5.10 Å². The summed E-state index contributed by atoms with van der Waals surface area (Å²) in [5, 5.41) is 7.84. The van der Waals surface area contributed by atoms with Crippen LogP contribution in [0.15, 0.2) is 55.0 Å². The number of carbonyl (C=O) groups excluding carboxylic acids is 1. The van der Waals surface area contributed by atoms with E-state index in [1.165, 1.54) is 0 Å². The van der Waals surface area contributed by atoms with Gasteiger partial charge in [0.15, 0.2) is 0 Å². The molecule has 1 amide bonds. The average molecular weight is 327 g/mol. The normalized spacial score (nSPS) is 10.5. The molecule has 0 atom stereocenters. The number of aromatic nitrogens is 3. The molecule has 0 aliphatic heterocycles. The molecule has 0 bridgehead atoms. The van der Waals surface area contributed by atoms with E-state index < -0.39 is 0 Å². The third-order valence-electron chi connectivity index (χ3n) is 3.53. The van der Waals surface area contributed by atoms with E-state index in [0.717, 1.165) is 16.9 Å². The van der Waals surface area contributed by atoms with Crippen LogP contribution in [0.1, 0.15) is 21.6 Å². The van der Waals surface area contributed by atoms with Gasteiger partial charge in [0.1, 0.15) is 0 Å². The van der Waals surface area contributed by atoms with Gasteiger partial charge in [-0.3, -0.25) is 9.78 Å². The van der Waals surface area contributed by atoms with E-state index in [1.54, 1.807) is 35.4 Å². The molecule has 0 radical (unpaired) electrons. The first-order valence-corrected chi connectivity index (χ1v) is 7.50. The molecule has 116 valence electrons. The quantitative estimate of drug-likeness (QED) is 0.801. The maximum absolute atomic E-state index is 12.3. The molecule has 2 aromatic heterocycles. The Bertz CT molecular complexity index is 812. The fourth-order valence-corrected chi connectivity index (χ4v) is 2.38. The van der Waals surface area contributed by atoms with Gasteiger partial charge in [0.05, 0.1) is 23.1 Å². The Kier molecular flexibility index (Phi) is 4.39. The number of benzene rings is 1. The monoisotopic (exact) mass is 326 g/mol. The summed E-state index contributed by atoms with van der Waals surface area (Å²) >= 11 is 5.90. The molecule has 0 saturated heterocycles. The van der Waals surface area contributed by atoms with Gasteiger partial charge >= 0.3 is 0 Å². The summed E-state index contributed by atoms with van der Waals surface area (Å²) in [6.07, 6.45) is 4.97. The molecule has 3 rings (SSSR count). The van der Waals surface area contributed by atoms with Crippen molar-refractivity contribution in [3.8, 4) is 5.69 Å². The molecule has 5 nitrogen and oxygen atoms in total. The standard InChI is InChI=1S/C17H15ClN4O/c1-12-16(17(23)20-10-13-6-8-19-9-7-13)11-21-22(12)15-4-2-14(18)3-5-15/h2-9,11H,10H2,1H3,(H,20,23). The number of hydrogen-bond donors (Lipinski definition) is 1. The van der Waals surface area contributed by atoms with Crippen molar-refractivity contribution in [3.05, 3.63) is 76.8 Å². The third kappa shape index (κ3) is 3.40. The number of nitrogens with one attached hydrogen (secondary N) is 1. The number of carbonyl (C=O) groups is 1. The predicted molar refractivity (Wildman–Crippen MR) is 88.7 cm³/mol. The van der Waals surface area contributed by atoms with Crippen molar-refractivity contribution in [1.29, 1.82) is 0 Å². The van der Waals surface area contributed by atoms with Crippen LogP contribution >= 0.6 is 11.6 Å². The molecule has 0 spiro atoms. The van der Waals surface area contributed by atoms with Crippen molar-refractivity contribution >= 4 is 17.5 Å². The van der Waals surface area contributed by atoms with Crippen molar-refractivity contribution in [2.45, 2.75) is 13.5 Å². The Morgan fingerprint density at radius 1 is 1.17 bits per heavy atom. The molecule has 0 saturated carbocycles. The maximum Gasteiger partial charge on any atom is 0.255 e. The van der Waals surface area contributed by atoms with Crippen molar-refractivity contribution in [2.24, 2.45) is 0 Å². The minimum atomic E-state index is -0.153. The number of rotatable bonds is 4. The summed E-state index contributed by atoms with van der Waals surface area (Å²) in [7, 11) is 0. The summed E-state index contributed by atoms with van der Waals surface area (Å²) in [6.45, 7) is 2.32. The first kappa shape index (κ1) is 15.2. The number of nitrogens with zero attached hydrogens (tertiary/aromatic N) is 3. The third-order valence-corrected chi connectivity index (χ3v) is 3.78. The van der Waals surface area contributed by atoms with E-state index in [4.69, 9.17) is 11.6 Å². The van der Waals surface area contributed by atoms with E-state index in [1.807, 2.05) is 31.2 Å². The summed E-state index contributed by atoms with van der Waals surface area (Å²) in [5.41, 5.74) is 3.18. The summed E-state index contributed by atoms with van der Waals surface area (Å²) in [4.78, 5) is 16.3. The maximum atomic E-state index is 12.3. The van der Waals surface area contributed by atoms with Crippen LogP contribution in [0.3, 0.4) is 0 Å². The molecule has 23 heavy (non-hydrogen) atoms. The SMILES string of the molecule is Cc1c(C(=O)NCc2ccncc2)cnn1-c1ccc(Cl)cc1. The van der Waals surface area contributed by atoms with Crippen LogP contribution in [0.2, 0.25) is 5.02 Å². The highest BCUT2D eigenvalue weighted by Crippen LogP contribution is 2.17. The zero-order chi connectivity index (χ0) is 16.2. The molecule has 6 heteroatoms. The van der Waals surface area contributed by atoms with E-state index in [9.17, 15) is 4.79 Å². The van der Waals surface area contributed by atoms with E-state index in [2.05, 4.69) is 15.4 Å². The van der Waals surface area contributed by atoms with E-state index in [0.29, 0.717) is 17.1 Å². The Morgan fingerprint density at radius 3 is 2.57 bits per heavy atom. The minimum absolute atomic E-state index is 0.153. The van der Waals surface area contributed by atoms with Gasteiger partial charge in [-0.15, -0.1) is 0 Å². The number of hydrogen-bond acceptors (Lipinski definition) is 3. The fraction of sp³-hybridized carbons (Fsp3) is 0.118. The lowest BCUT2D eigenvalue weighted by atomic mass is 10.2. The largest absolute Gasteiger partial charge is 0.348 e. The van der Waals surface area contributed by atoms with Gasteiger partial charge < -0.3 is 5.32 Å². The number of pyridine rings is 1. The molecule has 2 heterocycles.